The summed E-state index contributed by atoms with van der Waals surface area (Å²) in [5.41, 5.74) is -0.373. The monoisotopic (exact) mass is 260 g/mol. The zero-order chi connectivity index (χ0) is 13.0. The average Bonchev–Trinajstić information content (AvgIpc) is 2.28. The van der Waals surface area contributed by atoms with E-state index < -0.39 is 17.1 Å². The van der Waals surface area contributed by atoms with Gasteiger partial charge in [-0.25, -0.2) is 0 Å². The maximum atomic E-state index is 10.8. The van der Waals surface area contributed by atoms with E-state index in [-0.39, 0.29) is 22.8 Å². The van der Waals surface area contributed by atoms with E-state index in [0.717, 1.165) is 0 Å². The molecule has 0 aliphatic rings. The van der Waals surface area contributed by atoms with Gasteiger partial charge in [0.2, 0.25) is 0 Å². The van der Waals surface area contributed by atoms with Crippen molar-refractivity contribution in [1.82, 2.24) is 5.32 Å². The van der Waals surface area contributed by atoms with Gasteiger partial charge >= 0.3 is 0 Å². The molecule has 0 saturated carbocycles. The Morgan fingerprint density at radius 1 is 1.53 bits per heavy atom. The summed E-state index contributed by atoms with van der Waals surface area (Å²) < 4.78 is 0. The van der Waals surface area contributed by atoms with Gasteiger partial charge in [0, 0.05) is 12.6 Å². The van der Waals surface area contributed by atoms with E-state index in [1.807, 2.05) is 0 Å². The van der Waals surface area contributed by atoms with Crippen molar-refractivity contribution < 1.29 is 15.1 Å². The molecule has 1 aromatic rings. The van der Waals surface area contributed by atoms with Crippen LogP contribution < -0.4 is 5.32 Å². The Morgan fingerprint density at radius 2 is 2.18 bits per heavy atom. The SMILES string of the molecule is CNCC(O)C(O)c1c(Cl)cccc1[N+](=O)[O-]. The number of nitrogens with one attached hydrogen (secondary N) is 1. The molecule has 7 heteroatoms. The molecule has 0 aromatic heterocycles. The van der Waals surface area contributed by atoms with Crippen molar-refractivity contribution in [1.29, 1.82) is 0 Å². The van der Waals surface area contributed by atoms with Crippen LogP contribution in [-0.4, -0.2) is 34.8 Å². The molecule has 1 rings (SSSR count). The molecule has 0 bridgehead atoms. The van der Waals surface area contributed by atoms with Crippen molar-refractivity contribution in [3.8, 4) is 0 Å². The van der Waals surface area contributed by atoms with Crippen LogP contribution >= 0.6 is 11.6 Å². The van der Waals surface area contributed by atoms with Crippen molar-refractivity contribution in [2.24, 2.45) is 0 Å². The van der Waals surface area contributed by atoms with Crippen molar-refractivity contribution >= 4 is 17.3 Å². The first kappa shape index (κ1) is 13.9. The third-order valence-electron chi connectivity index (χ3n) is 2.30. The van der Waals surface area contributed by atoms with E-state index in [4.69, 9.17) is 11.6 Å². The van der Waals surface area contributed by atoms with Gasteiger partial charge in [0.25, 0.3) is 5.69 Å². The third-order valence-corrected chi connectivity index (χ3v) is 2.63. The van der Waals surface area contributed by atoms with E-state index in [9.17, 15) is 20.3 Å². The number of hydrogen-bond acceptors (Lipinski definition) is 5. The first-order valence-corrected chi connectivity index (χ1v) is 5.30. The Morgan fingerprint density at radius 3 is 2.71 bits per heavy atom. The summed E-state index contributed by atoms with van der Waals surface area (Å²) in [5.74, 6) is 0. The van der Waals surface area contributed by atoms with Crippen molar-refractivity contribution in [3.05, 3.63) is 38.9 Å². The maximum absolute atomic E-state index is 10.8. The molecule has 0 heterocycles. The normalized spacial score (nSPS) is 14.4. The Kier molecular flexibility index (Phi) is 4.83. The molecule has 3 N–H and O–H groups in total. The minimum Gasteiger partial charge on any atom is -0.389 e. The Bertz CT molecular complexity index is 413. The molecule has 2 unspecified atom stereocenters. The lowest BCUT2D eigenvalue weighted by Gasteiger charge is -2.18. The topological polar surface area (TPSA) is 95.6 Å². The van der Waals surface area contributed by atoms with E-state index >= 15 is 0 Å². The van der Waals surface area contributed by atoms with E-state index in [1.165, 1.54) is 18.2 Å². The van der Waals surface area contributed by atoms with Crippen molar-refractivity contribution in [2.75, 3.05) is 13.6 Å². The quantitative estimate of drug-likeness (QED) is 0.539. The summed E-state index contributed by atoms with van der Waals surface area (Å²) in [6.45, 7) is 0.101. The zero-order valence-electron chi connectivity index (χ0n) is 9.13. The highest BCUT2D eigenvalue weighted by Crippen LogP contribution is 2.33. The molecule has 17 heavy (non-hydrogen) atoms. The summed E-state index contributed by atoms with van der Waals surface area (Å²) in [7, 11) is 1.59. The molecular weight excluding hydrogens is 248 g/mol. The number of halogens is 1. The lowest BCUT2D eigenvalue weighted by atomic mass is 10.0. The number of benzene rings is 1. The number of nitro groups is 1. The van der Waals surface area contributed by atoms with Crippen LogP contribution in [0.4, 0.5) is 5.69 Å². The molecule has 0 amide bonds. The molecule has 0 aliphatic heterocycles. The predicted octanol–water partition coefficient (Wildman–Crippen LogP) is 0.862. The third kappa shape index (κ3) is 3.13. The number of nitrogens with zero attached hydrogens (tertiary/aromatic N) is 1. The average molecular weight is 261 g/mol. The van der Waals surface area contributed by atoms with Crippen molar-refractivity contribution in [2.45, 2.75) is 12.2 Å². The summed E-state index contributed by atoms with van der Waals surface area (Å²) in [6.07, 6.45) is -2.57. The second-order valence-electron chi connectivity index (χ2n) is 3.50. The number of hydrogen-bond donors (Lipinski definition) is 3. The smallest absolute Gasteiger partial charge is 0.276 e. The molecule has 0 fully saturated rings. The fraction of sp³-hybridized carbons (Fsp3) is 0.400. The Labute approximate surface area is 103 Å². The van der Waals surface area contributed by atoms with Gasteiger partial charge in [-0.2, -0.15) is 0 Å². The van der Waals surface area contributed by atoms with Crippen molar-refractivity contribution in [3.63, 3.8) is 0 Å². The van der Waals surface area contributed by atoms with Gasteiger partial charge < -0.3 is 15.5 Å². The lowest BCUT2D eigenvalue weighted by molar-refractivity contribution is -0.386. The molecular formula is C10H13ClN2O4. The van der Waals surface area contributed by atoms with Crippen LogP contribution in [-0.2, 0) is 0 Å². The molecule has 0 aliphatic carbocycles. The van der Waals surface area contributed by atoms with E-state index in [1.54, 1.807) is 7.05 Å². The highest BCUT2D eigenvalue weighted by Gasteiger charge is 2.28. The summed E-state index contributed by atoms with van der Waals surface area (Å²) >= 11 is 5.82. The molecule has 0 saturated heterocycles. The lowest BCUT2D eigenvalue weighted by Crippen LogP contribution is -2.30. The first-order valence-electron chi connectivity index (χ1n) is 4.92. The van der Waals surface area contributed by atoms with E-state index in [2.05, 4.69) is 5.32 Å². The molecule has 0 spiro atoms. The zero-order valence-corrected chi connectivity index (χ0v) is 9.89. The van der Waals surface area contributed by atoms with Crippen LogP contribution in [0.25, 0.3) is 0 Å². The van der Waals surface area contributed by atoms with E-state index in [0.29, 0.717) is 0 Å². The van der Waals surface area contributed by atoms with Crippen LogP contribution in [0.2, 0.25) is 5.02 Å². The predicted molar refractivity (Wildman–Crippen MR) is 63.0 cm³/mol. The second-order valence-corrected chi connectivity index (χ2v) is 3.91. The van der Waals surface area contributed by atoms with Gasteiger partial charge in [-0.15, -0.1) is 0 Å². The van der Waals surface area contributed by atoms with Crippen LogP contribution in [0.15, 0.2) is 18.2 Å². The van der Waals surface area contributed by atoms with Gasteiger partial charge in [-0.05, 0) is 13.1 Å². The fourth-order valence-corrected chi connectivity index (χ4v) is 1.77. The minimum atomic E-state index is -1.41. The number of likely N-dealkylation sites (N-methyl/N-ethyl adjacent to an activating group) is 1. The van der Waals surface area contributed by atoms with Crippen LogP contribution in [0.1, 0.15) is 11.7 Å². The Hall–Kier alpha value is -1.21. The number of aliphatic hydroxyl groups excluding tert-OH is 2. The fourth-order valence-electron chi connectivity index (χ4n) is 1.49. The molecule has 1 aromatic carbocycles. The van der Waals surface area contributed by atoms with Gasteiger partial charge in [0.15, 0.2) is 0 Å². The first-order chi connectivity index (χ1) is 7.99. The van der Waals surface area contributed by atoms with Gasteiger partial charge in [0.05, 0.1) is 21.6 Å². The van der Waals surface area contributed by atoms with Gasteiger partial charge in [-0.3, -0.25) is 10.1 Å². The van der Waals surface area contributed by atoms with Crippen LogP contribution in [0.3, 0.4) is 0 Å². The Balaban J connectivity index is 3.15. The minimum absolute atomic E-state index is 0.0573. The summed E-state index contributed by atoms with van der Waals surface area (Å²) in [6, 6.07) is 4.08. The maximum Gasteiger partial charge on any atom is 0.276 e. The summed E-state index contributed by atoms with van der Waals surface area (Å²) in [5, 5.41) is 33.0. The molecule has 94 valence electrons. The van der Waals surface area contributed by atoms with Crippen LogP contribution in [0.5, 0.6) is 0 Å². The van der Waals surface area contributed by atoms with Gasteiger partial charge in [0.1, 0.15) is 6.10 Å². The number of aliphatic hydroxyl groups is 2. The standard InChI is InChI=1S/C10H13ClN2O4/c1-12-5-8(14)10(15)9-6(11)3-2-4-7(9)13(16)17/h2-4,8,10,12,14-15H,5H2,1H3. The second kappa shape index (κ2) is 5.92. The van der Waals surface area contributed by atoms with Crippen LogP contribution in [0, 0.1) is 10.1 Å². The van der Waals surface area contributed by atoms with Gasteiger partial charge in [-0.1, -0.05) is 17.7 Å². The highest BCUT2D eigenvalue weighted by atomic mass is 35.5. The molecule has 0 radical (unpaired) electrons. The number of rotatable bonds is 5. The number of nitro benzene ring substituents is 1. The molecule has 6 nitrogen and oxygen atoms in total. The largest absolute Gasteiger partial charge is 0.389 e. The highest BCUT2D eigenvalue weighted by molar-refractivity contribution is 6.31. The summed E-state index contributed by atoms with van der Waals surface area (Å²) in [4.78, 5) is 10.2. The molecule has 2 atom stereocenters.